The third-order valence-electron chi connectivity index (χ3n) is 9.96. The number of para-hydroxylation sites is 2. The molecule has 0 bridgehead atoms. The second-order valence-electron chi connectivity index (χ2n) is 13.3. The van der Waals surface area contributed by atoms with E-state index in [1.165, 1.54) is 0 Å². The van der Waals surface area contributed by atoms with Gasteiger partial charge in [-0.3, -0.25) is 0 Å². The number of hydrogen-bond acceptors (Lipinski definition) is 3. The maximum absolute atomic E-state index is 8.86. The molecular weight excluding hydrogens is 669 g/mol. The molecule has 10 aromatic rings. The van der Waals surface area contributed by atoms with Crippen molar-refractivity contribution in [1.29, 1.82) is 0 Å². The normalized spacial score (nSPS) is 12.5. The van der Waals surface area contributed by atoms with Gasteiger partial charge in [0.15, 0.2) is 17.5 Å². The van der Waals surface area contributed by atoms with Crippen LogP contribution in [0.25, 0.3) is 95.0 Å². The third-order valence-corrected chi connectivity index (χ3v) is 9.96. The topological polar surface area (TPSA) is 43.6 Å². The van der Waals surface area contributed by atoms with E-state index in [1.807, 2.05) is 97.1 Å². The molecule has 0 aliphatic rings. The molecule has 4 nitrogen and oxygen atoms in total. The Hall–Kier alpha value is -7.43. The van der Waals surface area contributed by atoms with Crippen LogP contribution in [0, 0.1) is 0 Å². The molecule has 55 heavy (non-hydrogen) atoms. The minimum atomic E-state index is -0.438. The number of hydrogen-bond donors (Lipinski definition) is 0. The van der Waals surface area contributed by atoms with Crippen molar-refractivity contribution in [3.63, 3.8) is 0 Å². The number of rotatable bonds is 7. The highest BCUT2D eigenvalue weighted by molar-refractivity contribution is 6.09. The van der Waals surface area contributed by atoms with Gasteiger partial charge in [0.2, 0.25) is 0 Å². The van der Waals surface area contributed by atoms with Crippen molar-refractivity contribution >= 4 is 21.8 Å². The molecule has 0 atom stereocenters. The fourth-order valence-electron chi connectivity index (χ4n) is 7.30. The van der Waals surface area contributed by atoms with Gasteiger partial charge in [-0.05, 0) is 63.7 Å². The molecule has 8 aromatic carbocycles. The van der Waals surface area contributed by atoms with Crippen LogP contribution in [0.3, 0.4) is 0 Å². The molecule has 2 aromatic heterocycles. The molecule has 4 heteroatoms. The molecular formula is C51H34N4. The van der Waals surface area contributed by atoms with Gasteiger partial charge in [-0.25, -0.2) is 15.0 Å². The number of benzene rings is 8. The maximum atomic E-state index is 8.86. The van der Waals surface area contributed by atoms with Gasteiger partial charge in [0.05, 0.1) is 23.6 Å². The molecule has 0 unspecified atom stereocenters. The van der Waals surface area contributed by atoms with Crippen molar-refractivity contribution in [3.05, 3.63) is 206 Å². The molecule has 0 spiro atoms. The summed E-state index contributed by atoms with van der Waals surface area (Å²) in [5.41, 5.74) is 9.82. The Balaban J connectivity index is 1.20. The zero-order chi connectivity index (χ0) is 40.9. The molecule has 0 amide bonds. The summed E-state index contributed by atoms with van der Waals surface area (Å²) < 4.78 is 45.0. The van der Waals surface area contributed by atoms with E-state index in [-0.39, 0.29) is 17.6 Å². The fraction of sp³-hybridized carbons (Fsp3) is 0. The highest BCUT2D eigenvalue weighted by atomic mass is 15.1. The zero-order valence-corrected chi connectivity index (χ0v) is 29.5. The standard InChI is InChI=1S/C51H34N4/c1-4-15-35(16-5-1)37-27-29-38(30-28-37)40-21-14-22-42(33-40)50-52-49(39-19-8-3-9-20-39)53-51(54-50)45-32-31-41(36-17-6-2-7-18-36)34-48(45)55-46-25-12-10-23-43(46)44-24-11-13-26-47(44)55/h1-34H/i2D,6D,7D,17D,18D. The molecule has 0 saturated heterocycles. The summed E-state index contributed by atoms with van der Waals surface area (Å²) in [6.45, 7) is 0. The Bertz CT molecular complexity index is 3170. The van der Waals surface area contributed by atoms with Crippen LogP contribution in [0.1, 0.15) is 6.85 Å². The first-order valence-corrected chi connectivity index (χ1v) is 18.1. The zero-order valence-electron chi connectivity index (χ0n) is 34.5. The van der Waals surface area contributed by atoms with Crippen LogP contribution >= 0.6 is 0 Å². The molecule has 258 valence electrons. The highest BCUT2D eigenvalue weighted by Gasteiger charge is 2.20. The van der Waals surface area contributed by atoms with Crippen molar-refractivity contribution in [2.24, 2.45) is 0 Å². The smallest absolute Gasteiger partial charge is 0.166 e. The predicted molar refractivity (Wildman–Crippen MR) is 227 cm³/mol. The summed E-state index contributed by atoms with van der Waals surface area (Å²) in [6.07, 6.45) is 0. The van der Waals surface area contributed by atoms with Crippen molar-refractivity contribution < 1.29 is 6.85 Å². The van der Waals surface area contributed by atoms with Crippen molar-refractivity contribution in [2.45, 2.75) is 0 Å². The maximum Gasteiger partial charge on any atom is 0.166 e. The number of aromatic nitrogens is 4. The average Bonchev–Trinajstić information content (AvgIpc) is 3.65. The minimum Gasteiger partial charge on any atom is -0.308 e. The number of fused-ring (bicyclic) bond motifs is 3. The summed E-state index contributed by atoms with van der Waals surface area (Å²) in [7, 11) is 0. The molecule has 0 aliphatic carbocycles. The van der Waals surface area contributed by atoms with E-state index in [2.05, 4.69) is 77.4 Å². The monoisotopic (exact) mass is 707 g/mol. The Labute approximate surface area is 326 Å². The van der Waals surface area contributed by atoms with Crippen molar-refractivity contribution in [2.75, 3.05) is 0 Å². The van der Waals surface area contributed by atoms with Gasteiger partial charge in [-0.2, -0.15) is 0 Å². The Morgan fingerprint density at radius 3 is 1.49 bits per heavy atom. The average molecular weight is 708 g/mol. The van der Waals surface area contributed by atoms with Gasteiger partial charge in [0.25, 0.3) is 0 Å². The van der Waals surface area contributed by atoms with Gasteiger partial charge in [-0.1, -0.05) is 176 Å². The highest BCUT2D eigenvalue weighted by Crippen LogP contribution is 2.38. The summed E-state index contributed by atoms with van der Waals surface area (Å²) in [6, 6.07) is 56.9. The van der Waals surface area contributed by atoms with Crippen LogP contribution in [0.5, 0.6) is 0 Å². The summed E-state index contributed by atoms with van der Waals surface area (Å²) in [5, 5.41) is 2.09. The van der Waals surface area contributed by atoms with Crippen molar-refractivity contribution in [1.82, 2.24) is 19.5 Å². The van der Waals surface area contributed by atoms with Crippen LogP contribution in [-0.2, 0) is 0 Å². The van der Waals surface area contributed by atoms with Gasteiger partial charge in [-0.15, -0.1) is 0 Å². The Morgan fingerprint density at radius 2 is 0.818 bits per heavy atom. The summed E-state index contributed by atoms with van der Waals surface area (Å²) in [4.78, 5) is 15.4. The summed E-state index contributed by atoms with van der Waals surface area (Å²) in [5.74, 6) is 1.40. The second-order valence-corrected chi connectivity index (χ2v) is 13.3. The quantitative estimate of drug-likeness (QED) is 0.166. The molecule has 0 saturated carbocycles. The van der Waals surface area contributed by atoms with E-state index in [0.29, 0.717) is 34.3 Å². The van der Waals surface area contributed by atoms with Gasteiger partial charge >= 0.3 is 0 Å². The summed E-state index contributed by atoms with van der Waals surface area (Å²) >= 11 is 0. The van der Waals surface area contributed by atoms with Crippen LogP contribution in [0.2, 0.25) is 0 Å². The first-order chi connectivity index (χ1) is 29.3. The minimum absolute atomic E-state index is 0.115. The van der Waals surface area contributed by atoms with Crippen molar-refractivity contribution in [3.8, 4) is 73.2 Å². The third kappa shape index (κ3) is 6.06. The van der Waals surface area contributed by atoms with Crippen LogP contribution in [0.15, 0.2) is 206 Å². The first kappa shape index (κ1) is 27.2. The van der Waals surface area contributed by atoms with Crippen LogP contribution in [0.4, 0.5) is 0 Å². The molecule has 10 rings (SSSR count). The number of nitrogens with zero attached hydrogens (tertiary/aromatic N) is 4. The van der Waals surface area contributed by atoms with E-state index in [4.69, 9.17) is 21.8 Å². The van der Waals surface area contributed by atoms with E-state index in [0.717, 1.165) is 55.2 Å². The fourth-order valence-corrected chi connectivity index (χ4v) is 7.30. The lowest BCUT2D eigenvalue weighted by molar-refractivity contribution is 1.06. The van der Waals surface area contributed by atoms with E-state index >= 15 is 0 Å². The van der Waals surface area contributed by atoms with E-state index in [9.17, 15) is 0 Å². The second kappa shape index (κ2) is 13.8. The first-order valence-electron chi connectivity index (χ1n) is 20.6. The van der Waals surface area contributed by atoms with Gasteiger partial charge < -0.3 is 4.57 Å². The van der Waals surface area contributed by atoms with Crippen LogP contribution < -0.4 is 0 Å². The Kier molecular flexibility index (Phi) is 6.85. The molecule has 0 N–H and O–H groups in total. The SMILES string of the molecule is [2H]c1c([2H])c([2H])c(-c2ccc(-c3nc(-c4ccccc4)nc(-c4cccc(-c5ccc(-c6ccccc6)cc5)c4)n3)c(-n3c4ccccc4c4ccccc43)c2)c([2H])c1[2H]. The lowest BCUT2D eigenvalue weighted by atomic mass is 9.99. The van der Waals surface area contributed by atoms with E-state index < -0.39 is 18.1 Å². The lowest BCUT2D eigenvalue weighted by Crippen LogP contribution is -2.04. The van der Waals surface area contributed by atoms with Gasteiger partial charge in [0.1, 0.15) is 0 Å². The molecule has 0 fully saturated rings. The van der Waals surface area contributed by atoms with Gasteiger partial charge in [0, 0.05) is 27.5 Å². The molecule has 0 radical (unpaired) electrons. The molecule has 0 aliphatic heterocycles. The van der Waals surface area contributed by atoms with E-state index in [1.54, 1.807) is 6.07 Å². The lowest BCUT2D eigenvalue weighted by Gasteiger charge is -2.16. The molecule has 2 heterocycles. The van der Waals surface area contributed by atoms with Crippen LogP contribution in [-0.4, -0.2) is 19.5 Å². The largest absolute Gasteiger partial charge is 0.308 e. The predicted octanol–water partition coefficient (Wildman–Crippen LogP) is 13.0. The Morgan fingerprint density at radius 1 is 0.345 bits per heavy atom.